The van der Waals surface area contributed by atoms with Gasteiger partial charge in [0.2, 0.25) is 0 Å². The molecule has 1 heterocycles. The summed E-state index contributed by atoms with van der Waals surface area (Å²) in [7, 11) is -7.75. The molecule has 124 valence electrons. The number of rotatable bonds is 3. The highest BCUT2D eigenvalue weighted by atomic mass is 32.2. The van der Waals surface area contributed by atoms with Crippen LogP contribution in [0.25, 0.3) is 0 Å². The molecule has 0 radical (unpaired) electrons. The third-order valence-corrected chi connectivity index (χ3v) is 7.42. The van der Waals surface area contributed by atoms with E-state index in [1.54, 1.807) is 0 Å². The van der Waals surface area contributed by atoms with Gasteiger partial charge < -0.3 is 5.11 Å². The summed E-state index contributed by atoms with van der Waals surface area (Å²) >= 11 is 0. The number of sulfone groups is 2. The van der Waals surface area contributed by atoms with Crippen molar-refractivity contribution in [2.45, 2.75) is 23.3 Å². The summed E-state index contributed by atoms with van der Waals surface area (Å²) in [6.07, 6.45) is -6.16. The zero-order valence-electron chi connectivity index (χ0n) is 11.1. The van der Waals surface area contributed by atoms with Crippen LogP contribution in [-0.2, 0) is 31.6 Å². The van der Waals surface area contributed by atoms with Gasteiger partial charge in [-0.15, -0.1) is 0 Å². The number of hydrogen-bond donors (Lipinski definition) is 1. The van der Waals surface area contributed by atoms with E-state index in [2.05, 4.69) is 0 Å². The van der Waals surface area contributed by atoms with Crippen LogP contribution in [0.4, 0.5) is 13.2 Å². The van der Waals surface area contributed by atoms with E-state index in [4.69, 9.17) is 0 Å². The van der Waals surface area contributed by atoms with Gasteiger partial charge >= 0.3 is 6.18 Å². The molecule has 10 heteroatoms. The highest BCUT2D eigenvalue weighted by Gasteiger charge is 2.44. The van der Waals surface area contributed by atoms with E-state index in [-0.39, 0.29) is 5.56 Å². The Labute approximate surface area is 125 Å². The zero-order valence-corrected chi connectivity index (χ0v) is 12.7. The molecular formula is C12H13F3O5S2. The Morgan fingerprint density at radius 2 is 1.86 bits per heavy atom. The van der Waals surface area contributed by atoms with Crippen molar-refractivity contribution < 1.29 is 35.1 Å². The van der Waals surface area contributed by atoms with Gasteiger partial charge in [-0.05, 0) is 11.6 Å². The predicted octanol–water partition coefficient (Wildman–Crippen LogP) is 0.778. The molecule has 0 aliphatic carbocycles. The van der Waals surface area contributed by atoms with Crippen LogP contribution < -0.4 is 0 Å². The van der Waals surface area contributed by atoms with Crippen molar-refractivity contribution in [1.82, 2.24) is 0 Å². The van der Waals surface area contributed by atoms with Crippen LogP contribution in [0.15, 0.2) is 24.3 Å². The van der Waals surface area contributed by atoms with Gasteiger partial charge in [-0.3, -0.25) is 0 Å². The molecule has 1 fully saturated rings. The summed E-state index contributed by atoms with van der Waals surface area (Å²) < 4.78 is 84.8. The largest absolute Gasteiger partial charge is 0.416 e. The molecule has 1 aliphatic heterocycles. The molecule has 0 aromatic heterocycles. The Bertz CT molecular complexity index is 768. The first kappa shape index (κ1) is 17.2. The Hall–Kier alpha value is -1.13. The molecule has 0 spiro atoms. The molecular weight excluding hydrogens is 345 g/mol. The van der Waals surface area contributed by atoms with Gasteiger partial charge in [0, 0.05) is 0 Å². The number of aliphatic hydroxyl groups is 1. The van der Waals surface area contributed by atoms with Gasteiger partial charge in [0.25, 0.3) is 0 Å². The van der Waals surface area contributed by atoms with Crippen molar-refractivity contribution in [3.05, 3.63) is 35.4 Å². The molecule has 2 rings (SSSR count). The van der Waals surface area contributed by atoms with Gasteiger partial charge in [0.05, 0.1) is 28.9 Å². The van der Waals surface area contributed by atoms with E-state index in [0.717, 1.165) is 12.1 Å². The second kappa shape index (κ2) is 5.50. The summed E-state index contributed by atoms with van der Waals surface area (Å²) in [5.41, 5.74) is -1.09. The van der Waals surface area contributed by atoms with Crippen molar-refractivity contribution >= 4 is 19.7 Å². The van der Waals surface area contributed by atoms with Crippen LogP contribution in [0.2, 0.25) is 0 Å². The first-order valence-corrected chi connectivity index (χ1v) is 9.71. The first-order valence-electron chi connectivity index (χ1n) is 6.17. The number of benzene rings is 1. The molecule has 1 N–H and O–H groups in total. The molecule has 0 amide bonds. The number of aliphatic hydroxyl groups excluding tert-OH is 1. The average molecular weight is 358 g/mol. The number of hydrogen-bond acceptors (Lipinski definition) is 5. The fourth-order valence-electron chi connectivity index (χ4n) is 2.32. The first-order chi connectivity index (χ1) is 9.91. The molecule has 1 aromatic carbocycles. The third kappa shape index (κ3) is 3.79. The second-order valence-electron chi connectivity index (χ2n) is 5.19. The van der Waals surface area contributed by atoms with Gasteiger partial charge in [0.1, 0.15) is 5.25 Å². The Kier molecular flexibility index (Phi) is 4.31. The second-order valence-corrected chi connectivity index (χ2v) is 9.56. The highest BCUT2D eigenvalue weighted by molar-refractivity contribution is 7.96. The van der Waals surface area contributed by atoms with Crippen LogP contribution >= 0.6 is 0 Å². The van der Waals surface area contributed by atoms with Crippen LogP contribution in [-0.4, -0.2) is 44.8 Å². The molecule has 1 aromatic rings. The maximum Gasteiger partial charge on any atom is 0.416 e. The summed E-state index contributed by atoms with van der Waals surface area (Å²) in [4.78, 5) is 0. The van der Waals surface area contributed by atoms with E-state index in [9.17, 15) is 35.1 Å². The summed E-state index contributed by atoms with van der Waals surface area (Å²) in [5.74, 6) is -2.12. The maximum atomic E-state index is 12.6. The Morgan fingerprint density at radius 1 is 1.23 bits per heavy atom. The van der Waals surface area contributed by atoms with Crippen molar-refractivity contribution in [1.29, 1.82) is 0 Å². The normalized spacial score (nSPS) is 25.3. The lowest BCUT2D eigenvalue weighted by atomic mass is 10.1. The molecule has 0 unspecified atom stereocenters. The van der Waals surface area contributed by atoms with E-state index in [1.165, 1.54) is 6.07 Å². The van der Waals surface area contributed by atoms with E-state index >= 15 is 0 Å². The third-order valence-electron chi connectivity index (χ3n) is 3.36. The molecule has 0 bridgehead atoms. The minimum Gasteiger partial charge on any atom is -0.391 e. The fourth-order valence-corrected chi connectivity index (χ4v) is 6.93. The summed E-state index contributed by atoms with van der Waals surface area (Å²) in [6, 6.07) is 3.80. The van der Waals surface area contributed by atoms with Crippen molar-refractivity contribution in [3.63, 3.8) is 0 Å². The predicted molar refractivity (Wildman–Crippen MR) is 72.5 cm³/mol. The molecule has 5 nitrogen and oxygen atoms in total. The van der Waals surface area contributed by atoms with Crippen LogP contribution in [0.1, 0.15) is 11.1 Å². The Balaban J connectivity index is 2.27. The molecule has 0 saturated carbocycles. The lowest BCUT2D eigenvalue weighted by Gasteiger charge is -2.14. The minimum atomic E-state index is -4.60. The van der Waals surface area contributed by atoms with E-state index < -0.39 is 60.0 Å². The quantitative estimate of drug-likeness (QED) is 0.863. The summed E-state index contributed by atoms with van der Waals surface area (Å²) in [5, 5.41) is 8.08. The van der Waals surface area contributed by atoms with Crippen molar-refractivity contribution in [2.75, 3.05) is 11.5 Å². The number of alkyl halides is 3. The molecule has 22 heavy (non-hydrogen) atoms. The lowest BCUT2D eigenvalue weighted by molar-refractivity contribution is -0.137. The summed E-state index contributed by atoms with van der Waals surface area (Å²) in [6.45, 7) is 0. The van der Waals surface area contributed by atoms with Crippen molar-refractivity contribution in [3.8, 4) is 0 Å². The van der Waals surface area contributed by atoms with Crippen LogP contribution in [0.3, 0.4) is 0 Å². The van der Waals surface area contributed by atoms with Gasteiger partial charge in [-0.25, -0.2) is 16.8 Å². The highest BCUT2D eigenvalue weighted by Crippen LogP contribution is 2.30. The maximum absolute atomic E-state index is 12.6. The van der Waals surface area contributed by atoms with Crippen molar-refractivity contribution in [2.24, 2.45) is 0 Å². The van der Waals surface area contributed by atoms with Gasteiger partial charge in [-0.2, -0.15) is 13.2 Å². The fraction of sp³-hybridized carbons (Fsp3) is 0.500. The zero-order chi connectivity index (χ0) is 16.8. The average Bonchev–Trinajstić information content (AvgIpc) is 2.62. The van der Waals surface area contributed by atoms with E-state index in [1.807, 2.05) is 0 Å². The van der Waals surface area contributed by atoms with Crippen LogP contribution in [0, 0.1) is 0 Å². The standard InChI is InChI=1S/C12H13F3O5S2/c13-12(14,15)9-3-1-2-8(4-9)5-22(19,20)11-7-21(17,18)6-10(11)16/h1-4,10-11,16H,5-7H2/t10-,11+/m1/s1. The molecule has 1 saturated heterocycles. The smallest absolute Gasteiger partial charge is 0.391 e. The van der Waals surface area contributed by atoms with Crippen LogP contribution in [0.5, 0.6) is 0 Å². The Morgan fingerprint density at radius 3 is 2.36 bits per heavy atom. The molecule has 1 aliphatic rings. The monoisotopic (exact) mass is 358 g/mol. The molecule has 2 atom stereocenters. The van der Waals surface area contributed by atoms with Gasteiger partial charge in [0.15, 0.2) is 19.7 Å². The van der Waals surface area contributed by atoms with E-state index in [0.29, 0.717) is 6.07 Å². The van der Waals surface area contributed by atoms with Gasteiger partial charge in [-0.1, -0.05) is 18.2 Å². The minimum absolute atomic E-state index is 0.105. The topological polar surface area (TPSA) is 88.5 Å². The lowest BCUT2D eigenvalue weighted by Crippen LogP contribution is -2.33. The SMILES string of the molecule is O=S1(=O)C[C@@H](O)[C@@H](S(=O)(=O)Cc2cccc(C(F)(F)F)c2)C1. The number of halogens is 3.